The molecule has 112 valence electrons. The summed E-state index contributed by atoms with van der Waals surface area (Å²) in [5, 5.41) is 0. The summed E-state index contributed by atoms with van der Waals surface area (Å²) in [6.07, 6.45) is 5.39. The van der Waals surface area contributed by atoms with Gasteiger partial charge in [-0.05, 0) is 23.3 Å². The van der Waals surface area contributed by atoms with Crippen molar-refractivity contribution in [2.75, 3.05) is 7.11 Å². The van der Waals surface area contributed by atoms with Crippen molar-refractivity contribution in [1.82, 2.24) is 0 Å². The van der Waals surface area contributed by atoms with E-state index in [1.165, 1.54) is 13.2 Å². The number of rotatable bonds is 3. The number of carbonyl (C=O) groups excluding carboxylic acids is 2. The lowest BCUT2D eigenvalue weighted by Crippen LogP contribution is -2.19. The fourth-order valence-electron chi connectivity index (χ4n) is 2.82. The van der Waals surface area contributed by atoms with Crippen LogP contribution < -0.4 is 0 Å². The molecule has 4 heteroatoms. The second-order valence-electron chi connectivity index (χ2n) is 5.25. The molecule has 0 fully saturated rings. The van der Waals surface area contributed by atoms with Crippen LogP contribution in [0.15, 0.2) is 65.7 Å². The Morgan fingerprint density at radius 2 is 2.09 bits per heavy atom. The molecule has 2 aliphatic rings. The molecule has 4 nitrogen and oxygen atoms in total. The van der Waals surface area contributed by atoms with Gasteiger partial charge in [0, 0.05) is 17.9 Å². The van der Waals surface area contributed by atoms with E-state index in [4.69, 9.17) is 9.47 Å². The molecule has 22 heavy (non-hydrogen) atoms. The Balaban J connectivity index is 1.99. The van der Waals surface area contributed by atoms with E-state index >= 15 is 0 Å². The molecule has 0 saturated heterocycles. The maximum Gasteiger partial charge on any atom is 0.310 e. The number of esters is 1. The van der Waals surface area contributed by atoms with Gasteiger partial charge in [0.05, 0.1) is 19.8 Å². The van der Waals surface area contributed by atoms with Crippen molar-refractivity contribution in [1.29, 1.82) is 0 Å². The molecule has 3 rings (SSSR count). The van der Waals surface area contributed by atoms with E-state index < -0.39 is 0 Å². The molecular formula is C18H16O4. The van der Waals surface area contributed by atoms with Crippen LogP contribution >= 0.6 is 0 Å². The number of carbonyl (C=O) groups is 2. The quantitative estimate of drug-likeness (QED) is 0.805. The van der Waals surface area contributed by atoms with E-state index in [1.54, 1.807) is 6.26 Å². The van der Waals surface area contributed by atoms with Crippen molar-refractivity contribution in [2.24, 2.45) is 0 Å². The van der Waals surface area contributed by atoms with Gasteiger partial charge in [0.1, 0.15) is 5.76 Å². The highest BCUT2D eigenvalue weighted by molar-refractivity contribution is 5.96. The number of hydrogen-bond acceptors (Lipinski definition) is 4. The van der Waals surface area contributed by atoms with E-state index in [9.17, 15) is 9.59 Å². The zero-order valence-corrected chi connectivity index (χ0v) is 12.2. The minimum absolute atomic E-state index is 0.00440. The standard InChI is InChI=1S/C18H16O4/c1-21-17(20)10-13-9-14(19)11-16-15(7-8-22-18(13)16)12-5-3-2-4-6-12/h2-9,15H,10-11H2,1H3. The lowest BCUT2D eigenvalue weighted by molar-refractivity contribution is -0.139. The third-order valence-electron chi connectivity index (χ3n) is 3.84. The topological polar surface area (TPSA) is 52.6 Å². The lowest BCUT2D eigenvalue weighted by Gasteiger charge is -2.28. The Labute approximate surface area is 128 Å². The number of ether oxygens (including phenoxy) is 2. The van der Waals surface area contributed by atoms with Crippen LogP contribution in [-0.4, -0.2) is 18.9 Å². The fourth-order valence-corrected chi connectivity index (χ4v) is 2.82. The summed E-state index contributed by atoms with van der Waals surface area (Å²) in [5.41, 5.74) is 2.59. The Morgan fingerprint density at radius 3 is 2.82 bits per heavy atom. The van der Waals surface area contributed by atoms with Gasteiger partial charge in [-0.1, -0.05) is 30.3 Å². The highest BCUT2D eigenvalue weighted by atomic mass is 16.5. The second-order valence-corrected chi connectivity index (χ2v) is 5.25. The average Bonchev–Trinajstić information content (AvgIpc) is 2.55. The van der Waals surface area contributed by atoms with E-state index in [-0.39, 0.29) is 24.1 Å². The van der Waals surface area contributed by atoms with Crippen LogP contribution in [0, 0.1) is 0 Å². The van der Waals surface area contributed by atoms with Gasteiger partial charge in [0.25, 0.3) is 0 Å². The summed E-state index contributed by atoms with van der Waals surface area (Å²) >= 11 is 0. The Kier molecular flexibility index (Phi) is 3.92. The summed E-state index contributed by atoms with van der Waals surface area (Å²) in [5.74, 6) is 0.219. The van der Waals surface area contributed by atoms with Gasteiger partial charge in [-0.25, -0.2) is 0 Å². The molecule has 1 aromatic carbocycles. The molecule has 1 aliphatic carbocycles. The summed E-state index contributed by atoms with van der Waals surface area (Å²) < 4.78 is 10.3. The highest BCUT2D eigenvalue weighted by Gasteiger charge is 2.30. The third-order valence-corrected chi connectivity index (χ3v) is 3.84. The average molecular weight is 296 g/mol. The maximum atomic E-state index is 12.0. The lowest BCUT2D eigenvalue weighted by atomic mass is 9.81. The molecule has 0 saturated carbocycles. The minimum atomic E-state index is -0.387. The Bertz CT molecular complexity index is 695. The SMILES string of the molecule is COC(=O)CC1=CC(=O)CC2=C1OC=CC2c1ccccc1. The summed E-state index contributed by atoms with van der Waals surface area (Å²) in [4.78, 5) is 23.6. The third kappa shape index (κ3) is 2.72. The molecule has 0 N–H and O–H groups in total. The van der Waals surface area contributed by atoms with Crippen LogP contribution in [0.5, 0.6) is 0 Å². The number of ketones is 1. The minimum Gasteiger partial charge on any atom is -0.469 e. The fraction of sp³-hybridized carbons (Fsp3) is 0.222. The first-order chi connectivity index (χ1) is 10.7. The van der Waals surface area contributed by atoms with E-state index in [0.717, 1.165) is 11.1 Å². The normalized spacial score (nSPS) is 20.1. The first-order valence-corrected chi connectivity index (χ1v) is 7.11. The highest BCUT2D eigenvalue weighted by Crippen LogP contribution is 2.40. The van der Waals surface area contributed by atoms with E-state index in [2.05, 4.69) is 0 Å². The number of hydrogen-bond donors (Lipinski definition) is 0. The molecule has 1 unspecified atom stereocenters. The van der Waals surface area contributed by atoms with Crippen LogP contribution in [0.4, 0.5) is 0 Å². The molecule has 1 aromatic rings. The van der Waals surface area contributed by atoms with Crippen molar-refractivity contribution in [2.45, 2.75) is 18.8 Å². The van der Waals surface area contributed by atoms with Crippen LogP contribution in [0.2, 0.25) is 0 Å². The smallest absolute Gasteiger partial charge is 0.310 e. The van der Waals surface area contributed by atoms with Gasteiger partial charge in [0.15, 0.2) is 5.78 Å². The molecule has 1 atom stereocenters. The summed E-state index contributed by atoms with van der Waals surface area (Å²) in [6, 6.07) is 9.93. The molecule has 1 aliphatic heterocycles. The van der Waals surface area contributed by atoms with Crippen LogP contribution in [0.3, 0.4) is 0 Å². The Morgan fingerprint density at radius 1 is 1.32 bits per heavy atom. The Hall–Kier alpha value is -2.62. The molecule has 0 spiro atoms. The molecule has 0 radical (unpaired) electrons. The van der Waals surface area contributed by atoms with Crippen LogP contribution in [0.1, 0.15) is 24.3 Å². The van der Waals surface area contributed by atoms with Crippen LogP contribution in [0.25, 0.3) is 0 Å². The molecule has 0 amide bonds. The van der Waals surface area contributed by atoms with Gasteiger partial charge in [0.2, 0.25) is 0 Å². The zero-order valence-electron chi connectivity index (χ0n) is 12.2. The van der Waals surface area contributed by atoms with Crippen molar-refractivity contribution in [3.8, 4) is 0 Å². The molecule has 0 aromatic heterocycles. The predicted octanol–water partition coefficient (Wildman–Crippen LogP) is 3.03. The van der Waals surface area contributed by atoms with Gasteiger partial charge < -0.3 is 9.47 Å². The maximum absolute atomic E-state index is 12.0. The summed E-state index contributed by atoms with van der Waals surface area (Å²) in [6.45, 7) is 0. The molecular weight excluding hydrogens is 280 g/mol. The number of benzene rings is 1. The van der Waals surface area contributed by atoms with Crippen molar-refractivity contribution >= 4 is 11.8 Å². The van der Waals surface area contributed by atoms with E-state index in [1.807, 2.05) is 36.4 Å². The number of allylic oxidation sites excluding steroid dienone is 4. The van der Waals surface area contributed by atoms with Crippen LogP contribution in [-0.2, 0) is 19.1 Å². The molecule has 1 heterocycles. The largest absolute Gasteiger partial charge is 0.469 e. The van der Waals surface area contributed by atoms with Gasteiger partial charge >= 0.3 is 5.97 Å². The monoisotopic (exact) mass is 296 g/mol. The first-order valence-electron chi connectivity index (χ1n) is 7.11. The first kappa shape index (κ1) is 14.3. The van der Waals surface area contributed by atoms with E-state index in [0.29, 0.717) is 17.8 Å². The zero-order chi connectivity index (χ0) is 15.5. The number of methoxy groups -OCH3 is 1. The van der Waals surface area contributed by atoms with Crippen molar-refractivity contribution in [3.05, 3.63) is 71.2 Å². The van der Waals surface area contributed by atoms with Gasteiger partial charge in [-0.3, -0.25) is 9.59 Å². The van der Waals surface area contributed by atoms with Gasteiger partial charge in [-0.15, -0.1) is 0 Å². The molecule has 0 bridgehead atoms. The van der Waals surface area contributed by atoms with Crippen molar-refractivity contribution < 1.29 is 19.1 Å². The predicted molar refractivity (Wildman–Crippen MR) is 80.8 cm³/mol. The summed E-state index contributed by atoms with van der Waals surface area (Å²) in [7, 11) is 1.33. The second kappa shape index (κ2) is 6.02. The van der Waals surface area contributed by atoms with Crippen molar-refractivity contribution in [3.63, 3.8) is 0 Å². The van der Waals surface area contributed by atoms with Gasteiger partial charge in [-0.2, -0.15) is 0 Å².